The fraction of sp³-hybridized carbons (Fsp3) is 0.462. The second kappa shape index (κ2) is 12.7. The number of rotatable bonds is 11. The molecule has 8 heteroatoms. The van der Waals surface area contributed by atoms with E-state index < -0.39 is 17.7 Å². The first-order valence-corrected chi connectivity index (χ1v) is 12.0. The van der Waals surface area contributed by atoms with Crippen LogP contribution in [-0.2, 0) is 4.79 Å². The molecule has 2 aromatic carbocycles. The topological polar surface area (TPSA) is 61.4 Å². The van der Waals surface area contributed by atoms with Gasteiger partial charge in [0, 0.05) is 24.5 Å². The van der Waals surface area contributed by atoms with Crippen molar-refractivity contribution < 1.29 is 18.4 Å². The fourth-order valence-electron chi connectivity index (χ4n) is 3.93. The molecule has 0 aromatic heterocycles. The van der Waals surface area contributed by atoms with Crippen molar-refractivity contribution in [2.24, 2.45) is 11.8 Å². The average Bonchev–Trinajstić information content (AvgIpc) is 2.72. The maximum absolute atomic E-state index is 15.6. The first-order chi connectivity index (χ1) is 16.0. The van der Waals surface area contributed by atoms with Crippen molar-refractivity contribution in [1.29, 1.82) is 0 Å². The van der Waals surface area contributed by atoms with Crippen LogP contribution in [0.15, 0.2) is 30.3 Å². The molecule has 0 spiro atoms. The molecule has 0 aliphatic carbocycles. The molecule has 2 N–H and O–H groups in total. The number of benzene rings is 2. The van der Waals surface area contributed by atoms with Crippen LogP contribution in [0.3, 0.4) is 0 Å². The van der Waals surface area contributed by atoms with Crippen LogP contribution in [0.2, 0.25) is 5.02 Å². The lowest BCUT2D eigenvalue weighted by Gasteiger charge is -2.31. The van der Waals surface area contributed by atoms with Gasteiger partial charge in [-0.2, -0.15) is 0 Å². The number of nitrogens with zero attached hydrogens (tertiary/aromatic N) is 1. The summed E-state index contributed by atoms with van der Waals surface area (Å²) < 4.78 is 29.8. The normalized spacial score (nSPS) is 12.1. The molecule has 186 valence electrons. The van der Waals surface area contributed by atoms with E-state index in [1.807, 2.05) is 39.5 Å². The number of hydrogen-bond acceptors (Lipinski definition) is 3. The highest BCUT2D eigenvalue weighted by molar-refractivity contribution is 6.30. The van der Waals surface area contributed by atoms with Crippen LogP contribution in [0.1, 0.15) is 58.9 Å². The number of hydrogen-bond donors (Lipinski definition) is 2. The molecule has 1 unspecified atom stereocenters. The minimum absolute atomic E-state index is 0.0475. The molecule has 0 bridgehead atoms. The molecular weight excluding hydrogens is 460 g/mol. The van der Waals surface area contributed by atoms with E-state index in [0.29, 0.717) is 25.1 Å². The molecule has 0 fully saturated rings. The molecule has 0 saturated carbocycles. The van der Waals surface area contributed by atoms with Crippen molar-refractivity contribution >= 4 is 41.0 Å². The summed E-state index contributed by atoms with van der Waals surface area (Å²) in [6.45, 7) is 11.3. The summed E-state index contributed by atoms with van der Waals surface area (Å²) in [6.07, 6.45) is 1.70. The van der Waals surface area contributed by atoms with Gasteiger partial charge in [0.05, 0.1) is 17.1 Å². The largest absolute Gasteiger partial charge is 0.367 e. The Morgan fingerprint density at radius 1 is 1.00 bits per heavy atom. The standard InChI is InChI=1S/C26H34ClF2N3O2/c1-6-18(9-10-33)19-11-22(29)25(32(14-16(2)3)15-17(4)5)24(12-19)31-26(34)30-23-8-7-20(27)13-21(23)28/h7-8,10-13,16-18H,6,9,14-15H2,1-5H3,(H2,30,31,34). The zero-order valence-corrected chi connectivity index (χ0v) is 21.2. The lowest BCUT2D eigenvalue weighted by Crippen LogP contribution is -2.33. The number of urea groups is 1. The average molecular weight is 494 g/mol. The molecule has 2 aromatic rings. The van der Waals surface area contributed by atoms with Gasteiger partial charge in [-0.05, 0) is 60.1 Å². The maximum Gasteiger partial charge on any atom is 0.323 e. The molecule has 0 aliphatic rings. The highest BCUT2D eigenvalue weighted by atomic mass is 35.5. The third-order valence-corrected chi connectivity index (χ3v) is 5.58. The Bertz CT molecular complexity index is 988. The van der Waals surface area contributed by atoms with Crippen molar-refractivity contribution in [2.75, 3.05) is 28.6 Å². The number of carbonyl (C=O) groups is 2. The van der Waals surface area contributed by atoms with Gasteiger partial charge in [0.2, 0.25) is 0 Å². The lowest BCUT2D eigenvalue weighted by atomic mass is 9.92. The van der Waals surface area contributed by atoms with E-state index >= 15 is 4.39 Å². The molecule has 0 radical (unpaired) electrons. The van der Waals surface area contributed by atoms with E-state index in [1.54, 1.807) is 6.07 Å². The predicted octanol–water partition coefficient (Wildman–Crippen LogP) is 7.46. The zero-order chi connectivity index (χ0) is 25.4. The third-order valence-electron chi connectivity index (χ3n) is 5.35. The number of nitrogens with one attached hydrogen (secondary N) is 2. The zero-order valence-electron chi connectivity index (χ0n) is 20.4. The quantitative estimate of drug-likeness (QED) is 0.319. The van der Waals surface area contributed by atoms with Crippen LogP contribution in [0.4, 0.5) is 30.6 Å². The monoisotopic (exact) mass is 493 g/mol. The summed E-state index contributed by atoms with van der Waals surface area (Å²) in [5.74, 6) is -0.832. The molecule has 5 nitrogen and oxygen atoms in total. The van der Waals surface area contributed by atoms with Crippen LogP contribution in [0, 0.1) is 23.5 Å². The van der Waals surface area contributed by atoms with Crippen LogP contribution in [-0.4, -0.2) is 25.4 Å². The smallest absolute Gasteiger partial charge is 0.323 e. The molecule has 0 saturated heterocycles. The molecule has 2 rings (SSSR count). The van der Waals surface area contributed by atoms with Gasteiger partial charge in [-0.3, -0.25) is 0 Å². The van der Waals surface area contributed by atoms with Gasteiger partial charge in [0.1, 0.15) is 17.9 Å². The summed E-state index contributed by atoms with van der Waals surface area (Å²) >= 11 is 5.79. The Balaban J connectivity index is 2.51. The van der Waals surface area contributed by atoms with Crippen LogP contribution in [0.25, 0.3) is 0 Å². The van der Waals surface area contributed by atoms with E-state index in [-0.39, 0.29) is 46.3 Å². The predicted molar refractivity (Wildman–Crippen MR) is 136 cm³/mol. The Morgan fingerprint density at radius 3 is 2.15 bits per heavy atom. The Morgan fingerprint density at radius 2 is 1.62 bits per heavy atom. The first kappa shape index (κ1) is 27.6. The molecule has 0 aliphatic heterocycles. The van der Waals surface area contributed by atoms with Gasteiger partial charge in [-0.1, -0.05) is 46.2 Å². The summed E-state index contributed by atoms with van der Waals surface area (Å²) in [6, 6.07) is 6.36. The molecular formula is C26H34ClF2N3O2. The molecule has 0 heterocycles. The van der Waals surface area contributed by atoms with Crippen molar-refractivity contribution in [3.63, 3.8) is 0 Å². The van der Waals surface area contributed by atoms with Crippen molar-refractivity contribution in [2.45, 2.75) is 53.4 Å². The highest BCUT2D eigenvalue weighted by Crippen LogP contribution is 2.36. The van der Waals surface area contributed by atoms with E-state index in [1.165, 1.54) is 18.2 Å². The Labute approximate surface area is 205 Å². The van der Waals surface area contributed by atoms with E-state index in [9.17, 15) is 14.0 Å². The molecule has 1 atom stereocenters. The van der Waals surface area contributed by atoms with E-state index in [0.717, 1.165) is 12.4 Å². The minimum Gasteiger partial charge on any atom is -0.367 e. The van der Waals surface area contributed by atoms with Crippen molar-refractivity contribution in [1.82, 2.24) is 0 Å². The second-order valence-electron chi connectivity index (χ2n) is 9.30. The molecule has 34 heavy (non-hydrogen) atoms. The number of halogens is 3. The van der Waals surface area contributed by atoms with Crippen molar-refractivity contribution in [3.05, 3.63) is 52.6 Å². The Hall–Kier alpha value is -2.67. The SMILES string of the molecule is CCC(CC=O)c1cc(F)c(N(CC(C)C)CC(C)C)c(NC(=O)Nc2ccc(Cl)cc2F)c1. The summed E-state index contributed by atoms with van der Waals surface area (Å²) in [4.78, 5) is 25.9. The first-order valence-electron chi connectivity index (χ1n) is 11.6. The maximum atomic E-state index is 15.6. The fourth-order valence-corrected chi connectivity index (χ4v) is 4.09. The van der Waals surface area contributed by atoms with Gasteiger partial charge in [0.15, 0.2) is 0 Å². The number of aldehydes is 1. The highest BCUT2D eigenvalue weighted by Gasteiger charge is 2.23. The Kier molecular flexibility index (Phi) is 10.3. The van der Waals surface area contributed by atoms with Gasteiger partial charge < -0.3 is 20.3 Å². The van der Waals surface area contributed by atoms with Gasteiger partial charge in [-0.15, -0.1) is 0 Å². The summed E-state index contributed by atoms with van der Waals surface area (Å²) in [7, 11) is 0. The van der Waals surface area contributed by atoms with Gasteiger partial charge >= 0.3 is 6.03 Å². The van der Waals surface area contributed by atoms with Crippen LogP contribution < -0.4 is 15.5 Å². The number of amides is 2. The van der Waals surface area contributed by atoms with Gasteiger partial charge in [-0.25, -0.2) is 13.6 Å². The van der Waals surface area contributed by atoms with E-state index in [4.69, 9.17) is 11.6 Å². The summed E-state index contributed by atoms with van der Waals surface area (Å²) in [5.41, 5.74) is 1.12. The van der Waals surface area contributed by atoms with Gasteiger partial charge in [0.25, 0.3) is 0 Å². The lowest BCUT2D eigenvalue weighted by molar-refractivity contribution is -0.108. The van der Waals surface area contributed by atoms with Crippen LogP contribution in [0.5, 0.6) is 0 Å². The number of anilines is 3. The second-order valence-corrected chi connectivity index (χ2v) is 9.74. The minimum atomic E-state index is -0.712. The summed E-state index contributed by atoms with van der Waals surface area (Å²) in [5, 5.41) is 5.38. The van der Waals surface area contributed by atoms with E-state index in [2.05, 4.69) is 10.6 Å². The number of carbonyl (C=O) groups excluding carboxylic acids is 2. The molecule has 2 amide bonds. The third kappa shape index (κ3) is 7.69. The van der Waals surface area contributed by atoms with Crippen molar-refractivity contribution in [3.8, 4) is 0 Å². The van der Waals surface area contributed by atoms with Crippen LogP contribution >= 0.6 is 11.6 Å².